The lowest BCUT2D eigenvalue weighted by Gasteiger charge is -2.32. The number of aromatic nitrogens is 1. The Morgan fingerprint density at radius 1 is 1.38 bits per heavy atom. The maximum Gasteiger partial charge on any atom is 0.265 e. The number of amides is 1. The van der Waals surface area contributed by atoms with Crippen LogP contribution in [0.4, 0.5) is 0 Å². The Labute approximate surface area is 152 Å². The molecule has 1 aromatic heterocycles. The summed E-state index contributed by atoms with van der Waals surface area (Å²) in [6.07, 6.45) is 3.86. The smallest absolute Gasteiger partial charge is 0.265 e. The van der Waals surface area contributed by atoms with Crippen LogP contribution in [0.15, 0.2) is 30.5 Å². The number of hydrogen-bond acceptors (Lipinski definition) is 5. The molecule has 1 amide bonds. The van der Waals surface area contributed by atoms with Gasteiger partial charge in [0, 0.05) is 24.7 Å². The number of carbonyl (C=O) groups excluding carboxylic acids is 1. The van der Waals surface area contributed by atoms with Crippen molar-refractivity contribution in [3.05, 3.63) is 35.3 Å². The van der Waals surface area contributed by atoms with E-state index in [-0.39, 0.29) is 18.3 Å². The Balaban J connectivity index is 0.00000208. The van der Waals surface area contributed by atoms with Crippen LogP contribution in [0.2, 0.25) is 0 Å². The summed E-state index contributed by atoms with van der Waals surface area (Å²) in [5, 5.41) is 4.12. The van der Waals surface area contributed by atoms with Crippen molar-refractivity contribution >= 4 is 29.7 Å². The predicted molar refractivity (Wildman–Crippen MR) is 99.3 cm³/mol. The summed E-state index contributed by atoms with van der Waals surface area (Å²) in [6.45, 7) is 1.60. The normalized spacial score (nSPS) is 17.2. The second-order valence-corrected chi connectivity index (χ2v) is 6.67. The van der Waals surface area contributed by atoms with Gasteiger partial charge in [-0.05, 0) is 44.2 Å². The molecule has 1 aromatic carbocycles. The lowest BCUT2D eigenvalue weighted by atomic mass is 10.1. The fourth-order valence-electron chi connectivity index (χ4n) is 2.79. The zero-order valence-corrected chi connectivity index (χ0v) is 15.5. The number of hydrogen-bond donors (Lipinski definition) is 1. The Bertz CT molecular complexity index is 675. The lowest BCUT2D eigenvalue weighted by Crippen LogP contribution is -2.46. The van der Waals surface area contributed by atoms with Gasteiger partial charge in [-0.1, -0.05) is 0 Å². The molecule has 1 aliphatic rings. The van der Waals surface area contributed by atoms with Gasteiger partial charge >= 0.3 is 0 Å². The molecular weight excluding hydrogens is 346 g/mol. The van der Waals surface area contributed by atoms with Gasteiger partial charge in [0.25, 0.3) is 5.91 Å². The predicted octanol–water partition coefficient (Wildman–Crippen LogP) is 3.06. The highest BCUT2D eigenvalue weighted by Crippen LogP contribution is 2.28. The number of carbonyl (C=O) groups is 1. The van der Waals surface area contributed by atoms with Crippen LogP contribution in [0, 0.1) is 0 Å². The maximum absolute atomic E-state index is 12.7. The van der Waals surface area contributed by atoms with E-state index >= 15 is 0 Å². The van der Waals surface area contributed by atoms with Gasteiger partial charge in [-0.3, -0.25) is 4.79 Å². The number of thiazole rings is 1. The van der Waals surface area contributed by atoms with Crippen molar-refractivity contribution in [1.29, 1.82) is 0 Å². The third kappa shape index (κ3) is 4.06. The third-order valence-corrected chi connectivity index (χ3v) is 5.20. The molecule has 1 fully saturated rings. The topological polar surface area (TPSA) is 54.5 Å². The first-order chi connectivity index (χ1) is 11.2. The number of nitrogens with zero attached hydrogens (tertiary/aromatic N) is 2. The molecule has 1 atom stereocenters. The first kappa shape index (κ1) is 18.7. The van der Waals surface area contributed by atoms with E-state index in [1.165, 1.54) is 11.3 Å². The molecule has 3 rings (SSSR count). The standard InChI is InChI=1S/C17H21N3O2S.ClH/c1-18-13-4-3-9-20(11-13)17(21)15-10-19-16(23-15)12-5-7-14(22-2)8-6-12;/h5-8,10,13,18H,3-4,9,11H2,1-2H3;1H. The molecule has 2 aromatic rings. The Hall–Kier alpha value is -1.63. The van der Waals surface area contributed by atoms with Crippen LogP contribution in [-0.2, 0) is 0 Å². The first-order valence-corrected chi connectivity index (χ1v) is 8.59. The summed E-state index contributed by atoms with van der Waals surface area (Å²) in [7, 11) is 3.60. The monoisotopic (exact) mass is 367 g/mol. The molecule has 0 radical (unpaired) electrons. The Morgan fingerprint density at radius 3 is 2.79 bits per heavy atom. The molecule has 0 bridgehead atoms. The van der Waals surface area contributed by atoms with Crippen molar-refractivity contribution in [3.8, 4) is 16.3 Å². The van der Waals surface area contributed by atoms with E-state index in [9.17, 15) is 4.79 Å². The zero-order valence-electron chi connectivity index (χ0n) is 13.8. The average molecular weight is 368 g/mol. The van der Waals surface area contributed by atoms with Gasteiger partial charge in [0.15, 0.2) is 0 Å². The number of rotatable bonds is 4. The minimum absolute atomic E-state index is 0. The SMILES string of the molecule is CNC1CCCN(C(=O)c2cnc(-c3ccc(OC)cc3)s2)C1.Cl. The number of piperidine rings is 1. The van der Waals surface area contributed by atoms with Crippen molar-refractivity contribution in [1.82, 2.24) is 15.2 Å². The number of likely N-dealkylation sites (tertiary alicyclic amines) is 1. The van der Waals surface area contributed by atoms with E-state index in [1.807, 2.05) is 36.2 Å². The Morgan fingerprint density at radius 2 is 2.12 bits per heavy atom. The summed E-state index contributed by atoms with van der Waals surface area (Å²) in [6, 6.07) is 8.12. The van der Waals surface area contributed by atoms with Crippen LogP contribution in [-0.4, -0.2) is 49.1 Å². The van der Waals surface area contributed by atoms with Crippen molar-refractivity contribution in [2.75, 3.05) is 27.2 Å². The highest BCUT2D eigenvalue weighted by molar-refractivity contribution is 7.16. The number of benzene rings is 1. The quantitative estimate of drug-likeness (QED) is 0.902. The average Bonchev–Trinajstić information content (AvgIpc) is 3.11. The van der Waals surface area contributed by atoms with Gasteiger partial charge in [-0.2, -0.15) is 0 Å². The van der Waals surface area contributed by atoms with E-state index in [0.29, 0.717) is 10.9 Å². The second kappa shape index (κ2) is 8.46. The Kier molecular flexibility index (Phi) is 6.60. The molecule has 0 saturated carbocycles. The van der Waals surface area contributed by atoms with Crippen molar-refractivity contribution in [2.24, 2.45) is 0 Å². The van der Waals surface area contributed by atoms with E-state index in [2.05, 4.69) is 10.3 Å². The molecule has 0 spiro atoms. The van der Waals surface area contributed by atoms with Crippen molar-refractivity contribution in [2.45, 2.75) is 18.9 Å². The minimum atomic E-state index is 0. The first-order valence-electron chi connectivity index (χ1n) is 7.78. The van der Waals surface area contributed by atoms with Gasteiger partial charge in [-0.15, -0.1) is 23.7 Å². The van der Waals surface area contributed by atoms with E-state index < -0.39 is 0 Å². The second-order valence-electron chi connectivity index (χ2n) is 5.64. The van der Waals surface area contributed by atoms with E-state index in [0.717, 1.165) is 42.3 Å². The van der Waals surface area contributed by atoms with Gasteiger partial charge in [0.05, 0.1) is 13.3 Å². The summed E-state index contributed by atoms with van der Waals surface area (Å²) in [5.74, 6) is 0.898. The van der Waals surface area contributed by atoms with E-state index in [1.54, 1.807) is 13.3 Å². The van der Waals surface area contributed by atoms with Crippen LogP contribution in [0.3, 0.4) is 0 Å². The molecule has 7 heteroatoms. The van der Waals surface area contributed by atoms with Crippen LogP contribution >= 0.6 is 23.7 Å². The molecule has 2 heterocycles. The molecule has 130 valence electrons. The van der Waals surface area contributed by atoms with Gasteiger partial charge < -0.3 is 15.0 Å². The number of likely N-dealkylation sites (N-methyl/N-ethyl adjacent to an activating group) is 1. The van der Waals surface area contributed by atoms with Crippen LogP contribution in [0.1, 0.15) is 22.5 Å². The largest absolute Gasteiger partial charge is 0.497 e. The number of halogens is 1. The van der Waals surface area contributed by atoms with Crippen LogP contribution in [0.25, 0.3) is 10.6 Å². The number of methoxy groups -OCH3 is 1. The maximum atomic E-state index is 12.7. The molecule has 1 aliphatic heterocycles. The molecule has 1 saturated heterocycles. The van der Waals surface area contributed by atoms with Gasteiger partial charge in [0.1, 0.15) is 15.6 Å². The van der Waals surface area contributed by atoms with Gasteiger partial charge in [-0.25, -0.2) is 4.98 Å². The van der Waals surface area contributed by atoms with Crippen LogP contribution in [0.5, 0.6) is 5.75 Å². The third-order valence-electron chi connectivity index (χ3n) is 4.17. The lowest BCUT2D eigenvalue weighted by molar-refractivity contribution is 0.0703. The molecule has 5 nitrogen and oxygen atoms in total. The molecule has 0 aliphatic carbocycles. The fraction of sp³-hybridized carbons (Fsp3) is 0.412. The molecular formula is C17H22ClN3O2S. The molecule has 24 heavy (non-hydrogen) atoms. The summed E-state index contributed by atoms with van der Waals surface area (Å²) < 4.78 is 5.16. The molecule has 1 N–H and O–H groups in total. The minimum Gasteiger partial charge on any atom is -0.497 e. The molecule has 1 unspecified atom stereocenters. The zero-order chi connectivity index (χ0) is 16.2. The summed E-state index contributed by atoms with van der Waals surface area (Å²) in [4.78, 5) is 19.7. The van der Waals surface area contributed by atoms with Crippen LogP contribution < -0.4 is 10.1 Å². The number of ether oxygens (including phenoxy) is 1. The van der Waals surface area contributed by atoms with Crippen molar-refractivity contribution in [3.63, 3.8) is 0 Å². The summed E-state index contributed by atoms with van der Waals surface area (Å²) >= 11 is 1.45. The number of nitrogens with one attached hydrogen (secondary N) is 1. The highest BCUT2D eigenvalue weighted by Gasteiger charge is 2.25. The van der Waals surface area contributed by atoms with Crippen molar-refractivity contribution < 1.29 is 9.53 Å². The van der Waals surface area contributed by atoms with Gasteiger partial charge in [0.2, 0.25) is 0 Å². The summed E-state index contributed by atoms with van der Waals surface area (Å²) in [5.41, 5.74) is 1.00. The van der Waals surface area contributed by atoms with E-state index in [4.69, 9.17) is 4.74 Å². The highest BCUT2D eigenvalue weighted by atomic mass is 35.5. The fourth-order valence-corrected chi connectivity index (χ4v) is 3.68.